The van der Waals surface area contributed by atoms with Crippen molar-refractivity contribution in [2.45, 2.75) is 66.8 Å². The van der Waals surface area contributed by atoms with Crippen molar-refractivity contribution in [1.82, 2.24) is 4.57 Å². The van der Waals surface area contributed by atoms with Crippen LogP contribution in [0.3, 0.4) is 0 Å². The van der Waals surface area contributed by atoms with Crippen molar-refractivity contribution in [3.63, 3.8) is 0 Å². The summed E-state index contributed by atoms with van der Waals surface area (Å²) in [4.78, 5) is 25.8. The molecule has 0 amide bonds. The molecular weight excluding hydrogens is 498 g/mol. The van der Waals surface area contributed by atoms with E-state index in [-0.39, 0.29) is 23.6 Å². The predicted octanol–water partition coefficient (Wildman–Crippen LogP) is 7.88. The van der Waals surface area contributed by atoms with Crippen molar-refractivity contribution >= 4 is 28.2 Å². The number of esters is 1. The number of fused-ring (bicyclic) bond motifs is 1. The van der Waals surface area contributed by atoms with Crippen molar-refractivity contribution in [3.8, 4) is 0 Å². The summed E-state index contributed by atoms with van der Waals surface area (Å²) < 4.78 is 7.42. The maximum atomic E-state index is 14.0. The minimum absolute atomic E-state index is 0.0550. The number of nitrogens with zero attached hydrogens (tertiary/aromatic N) is 1. The van der Waals surface area contributed by atoms with Gasteiger partial charge in [0.2, 0.25) is 5.78 Å². The minimum Gasteiger partial charge on any atom is -0.506 e. The van der Waals surface area contributed by atoms with Crippen molar-refractivity contribution in [2.75, 3.05) is 6.61 Å². The number of carbonyl (C=O) groups is 2. The summed E-state index contributed by atoms with van der Waals surface area (Å²) in [5.41, 5.74) is 7.96. The summed E-state index contributed by atoms with van der Waals surface area (Å²) in [6.07, 6.45) is 8.20. The number of ether oxygens (including phenoxy) is 1. The molecule has 40 heavy (non-hydrogen) atoms. The summed E-state index contributed by atoms with van der Waals surface area (Å²) in [7, 11) is 0. The lowest BCUT2D eigenvalue weighted by molar-refractivity contribution is -0.139. The maximum absolute atomic E-state index is 14.0. The smallest absolute Gasteiger partial charge is 0.333 e. The van der Waals surface area contributed by atoms with E-state index in [4.69, 9.17) is 4.74 Å². The number of aliphatic hydroxyl groups excluding tert-OH is 1. The quantitative estimate of drug-likeness (QED) is 0.201. The first kappa shape index (κ1) is 27.7. The van der Waals surface area contributed by atoms with Gasteiger partial charge in [-0.05, 0) is 86.1 Å². The highest BCUT2D eigenvalue weighted by molar-refractivity contribution is 6.41. The molecule has 1 saturated carbocycles. The number of aliphatic hydroxyl groups is 1. The molecule has 3 aliphatic carbocycles. The third-order valence-corrected chi connectivity index (χ3v) is 8.59. The predicted molar refractivity (Wildman–Crippen MR) is 161 cm³/mol. The average Bonchev–Trinajstić information content (AvgIpc) is 3.61. The monoisotopic (exact) mass is 537 g/mol. The van der Waals surface area contributed by atoms with E-state index in [9.17, 15) is 14.7 Å². The van der Waals surface area contributed by atoms with Gasteiger partial charge < -0.3 is 14.4 Å². The van der Waals surface area contributed by atoms with Gasteiger partial charge in [-0.25, -0.2) is 4.79 Å². The number of aryl methyl sites for hydroxylation is 1. The Morgan fingerprint density at radius 3 is 2.50 bits per heavy atom. The molecule has 0 bridgehead atoms. The zero-order valence-electron chi connectivity index (χ0n) is 24.3. The number of hydrogen-bond acceptors (Lipinski definition) is 4. The van der Waals surface area contributed by atoms with Crippen LogP contribution in [-0.4, -0.2) is 28.0 Å². The van der Waals surface area contributed by atoms with Crippen LogP contribution >= 0.6 is 0 Å². The Labute approximate surface area is 236 Å². The zero-order valence-corrected chi connectivity index (χ0v) is 24.3. The van der Waals surface area contributed by atoms with Gasteiger partial charge >= 0.3 is 5.97 Å². The first-order valence-corrected chi connectivity index (χ1v) is 14.2. The number of carbonyl (C=O) groups excluding carboxylic acids is 2. The van der Waals surface area contributed by atoms with Crippen molar-refractivity contribution < 1.29 is 19.4 Å². The molecule has 1 N–H and O–H groups in total. The number of para-hydroxylation sites is 1. The highest BCUT2D eigenvalue weighted by Gasteiger charge is 2.45. The van der Waals surface area contributed by atoms with Gasteiger partial charge in [0.1, 0.15) is 5.76 Å². The number of allylic oxidation sites excluding steroid dienone is 8. The fourth-order valence-electron chi connectivity index (χ4n) is 6.15. The van der Waals surface area contributed by atoms with E-state index in [0.717, 1.165) is 58.1 Å². The van der Waals surface area contributed by atoms with E-state index in [1.165, 1.54) is 5.57 Å². The summed E-state index contributed by atoms with van der Waals surface area (Å²) in [5.74, 6) is -0.118. The molecule has 1 heterocycles. The zero-order chi connectivity index (χ0) is 28.9. The maximum Gasteiger partial charge on any atom is 0.333 e. The second kappa shape index (κ2) is 10.3. The Hall–Kier alpha value is -3.86. The Kier molecular flexibility index (Phi) is 7.11. The summed E-state index contributed by atoms with van der Waals surface area (Å²) in [6.45, 7) is 18.8. The first-order chi connectivity index (χ1) is 19.0. The van der Waals surface area contributed by atoms with E-state index in [0.29, 0.717) is 35.6 Å². The van der Waals surface area contributed by atoms with Gasteiger partial charge in [0.05, 0.1) is 17.8 Å². The van der Waals surface area contributed by atoms with Crippen LogP contribution in [0.15, 0.2) is 88.8 Å². The van der Waals surface area contributed by atoms with Crippen LogP contribution in [0.5, 0.6) is 0 Å². The standard InChI is InChI=1S/C35H39NO4/c1-20(2)28(25-19-22(5)13-14-26(25)35(7)15-16-35)30-32(37)31(33(30)38)29-23(6)36(27-12-9-8-11-24(27)29)17-10-18-40-34(39)21(3)4/h8-9,11-14,22,37H,1,3,10,15-19H2,2,4-7H3/b30-28-. The first-order valence-electron chi connectivity index (χ1n) is 14.2. The number of rotatable bonds is 9. The van der Waals surface area contributed by atoms with Crippen LogP contribution in [0.25, 0.3) is 16.5 Å². The van der Waals surface area contributed by atoms with Crippen LogP contribution in [0, 0.1) is 18.3 Å². The molecule has 1 atom stereocenters. The molecule has 0 spiro atoms. The molecule has 1 aromatic heterocycles. The highest BCUT2D eigenvalue weighted by Crippen LogP contribution is 2.56. The van der Waals surface area contributed by atoms with Gasteiger partial charge in [-0.3, -0.25) is 4.79 Å². The van der Waals surface area contributed by atoms with Crippen LogP contribution in [0.2, 0.25) is 0 Å². The Bertz CT molecular complexity index is 1600. The molecule has 0 radical (unpaired) electrons. The number of hydrogen-bond donors (Lipinski definition) is 1. The van der Waals surface area contributed by atoms with Gasteiger partial charge in [0.15, 0.2) is 0 Å². The number of aromatic nitrogens is 1. The van der Waals surface area contributed by atoms with E-state index in [1.54, 1.807) is 6.92 Å². The molecule has 5 rings (SSSR count). The normalized spacial score (nSPS) is 21.0. The van der Waals surface area contributed by atoms with Crippen molar-refractivity contribution in [1.29, 1.82) is 0 Å². The minimum atomic E-state index is -0.394. The largest absolute Gasteiger partial charge is 0.506 e. The molecule has 1 fully saturated rings. The molecular formula is C35H39NO4. The lowest BCUT2D eigenvalue weighted by atomic mass is 9.72. The summed E-state index contributed by atoms with van der Waals surface area (Å²) in [6, 6.07) is 7.93. The average molecular weight is 538 g/mol. The third kappa shape index (κ3) is 4.61. The second-order valence-corrected chi connectivity index (χ2v) is 12.0. The van der Waals surface area contributed by atoms with Crippen molar-refractivity contribution in [2.24, 2.45) is 11.3 Å². The SMILES string of the molecule is C=C(C)C(=O)OCCCn1c(C)c(C2=C(O)/C(=C(\C(=C)C)C3=C(C4(C)CC4)C=CC(C)C3)C2=O)c2ccccc21. The van der Waals surface area contributed by atoms with Crippen molar-refractivity contribution in [3.05, 3.63) is 100 Å². The molecule has 0 saturated heterocycles. The molecule has 1 aromatic carbocycles. The lowest BCUT2D eigenvalue weighted by Gasteiger charge is -2.31. The van der Waals surface area contributed by atoms with Gasteiger partial charge in [-0.15, -0.1) is 0 Å². The van der Waals surface area contributed by atoms with Crippen LogP contribution in [0.4, 0.5) is 0 Å². The fourth-order valence-corrected chi connectivity index (χ4v) is 6.15. The molecule has 3 aliphatic rings. The van der Waals surface area contributed by atoms with Crippen LogP contribution < -0.4 is 0 Å². The Morgan fingerprint density at radius 2 is 1.88 bits per heavy atom. The van der Waals surface area contributed by atoms with Gasteiger partial charge in [-0.2, -0.15) is 0 Å². The van der Waals surface area contributed by atoms with Crippen LogP contribution in [-0.2, 0) is 20.9 Å². The fraction of sp³-hybridized carbons (Fsp3) is 0.371. The van der Waals surface area contributed by atoms with Gasteiger partial charge in [0.25, 0.3) is 0 Å². The summed E-state index contributed by atoms with van der Waals surface area (Å²) >= 11 is 0. The Morgan fingerprint density at radius 1 is 1.18 bits per heavy atom. The molecule has 5 nitrogen and oxygen atoms in total. The topological polar surface area (TPSA) is 68.5 Å². The second-order valence-electron chi connectivity index (χ2n) is 12.0. The van der Waals surface area contributed by atoms with E-state index in [2.05, 4.69) is 43.7 Å². The van der Waals surface area contributed by atoms with E-state index < -0.39 is 5.97 Å². The number of benzene rings is 1. The van der Waals surface area contributed by atoms with E-state index in [1.807, 2.05) is 38.1 Å². The van der Waals surface area contributed by atoms with Gasteiger partial charge in [0, 0.05) is 34.3 Å². The van der Waals surface area contributed by atoms with Gasteiger partial charge in [-0.1, -0.05) is 57.4 Å². The van der Waals surface area contributed by atoms with Crippen LogP contribution in [0.1, 0.15) is 64.6 Å². The number of ketones is 1. The molecule has 5 heteroatoms. The Balaban J connectivity index is 1.58. The van der Waals surface area contributed by atoms with E-state index >= 15 is 0 Å². The molecule has 208 valence electrons. The number of Topliss-reactive ketones (excluding diaryl/α,β-unsaturated/α-hetero) is 1. The molecule has 0 aliphatic heterocycles. The third-order valence-electron chi connectivity index (χ3n) is 8.59. The summed E-state index contributed by atoms with van der Waals surface area (Å²) in [5, 5.41) is 12.5. The highest BCUT2D eigenvalue weighted by atomic mass is 16.5. The lowest BCUT2D eigenvalue weighted by Crippen LogP contribution is -2.25. The molecule has 1 unspecified atom stereocenters. The molecule has 2 aromatic rings.